The smallest absolute Gasteiger partial charge is 0.282 e. The van der Waals surface area contributed by atoms with Gasteiger partial charge in [0, 0.05) is 43.5 Å². The first-order valence-electron chi connectivity index (χ1n) is 9.91. The molecule has 3 heterocycles. The van der Waals surface area contributed by atoms with Crippen LogP contribution in [0.3, 0.4) is 0 Å². The number of pyridine rings is 1. The fourth-order valence-electron chi connectivity index (χ4n) is 4.03. The van der Waals surface area contributed by atoms with Crippen LogP contribution in [0.15, 0.2) is 42.5 Å². The van der Waals surface area contributed by atoms with Crippen molar-refractivity contribution in [2.24, 2.45) is 0 Å². The van der Waals surface area contributed by atoms with Gasteiger partial charge in [-0.3, -0.25) is 4.98 Å². The quantitative estimate of drug-likeness (QED) is 0.790. The maximum Gasteiger partial charge on any atom is 0.282 e. The van der Waals surface area contributed by atoms with E-state index in [4.69, 9.17) is 9.72 Å². The third kappa shape index (κ3) is 4.12. The Bertz CT molecular complexity index is 912. The van der Waals surface area contributed by atoms with E-state index in [0.717, 1.165) is 35.4 Å². The van der Waals surface area contributed by atoms with Crippen molar-refractivity contribution in [2.75, 3.05) is 39.4 Å². The monoisotopic (exact) mass is 401 g/mol. The van der Waals surface area contributed by atoms with Crippen LogP contribution in [0.4, 0.5) is 0 Å². The van der Waals surface area contributed by atoms with Crippen molar-refractivity contribution in [1.82, 2.24) is 13.6 Å². The Kier molecular flexibility index (Phi) is 5.78. The van der Waals surface area contributed by atoms with Crippen LogP contribution in [-0.4, -0.2) is 61.4 Å². The molecule has 150 valence electrons. The zero-order valence-corrected chi connectivity index (χ0v) is 17.1. The molecule has 4 rings (SSSR count). The lowest BCUT2D eigenvalue weighted by molar-refractivity contribution is 0.0695. The molecule has 1 aromatic heterocycles. The van der Waals surface area contributed by atoms with E-state index in [9.17, 15) is 8.42 Å². The number of morpholine rings is 1. The van der Waals surface area contributed by atoms with E-state index in [2.05, 4.69) is 24.3 Å². The second-order valence-corrected chi connectivity index (χ2v) is 9.43. The second-order valence-electron chi connectivity index (χ2n) is 7.50. The van der Waals surface area contributed by atoms with E-state index in [1.54, 1.807) is 8.61 Å². The minimum absolute atomic E-state index is 0.118. The Hall–Kier alpha value is -1.80. The molecule has 28 heavy (non-hydrogen) atoms. The molecule has 6 nitrogen and oxygen atoms in total. The first kappa shape index (κ1) is 19.5. The minimum atomic E-state index is -3.44. The van der Waals surface area contributed by atoms with E-state index in [0.29, 0.717) is 39.4 Å². The van der Waals surface area contributed by atoms with E-state index in [1.807, 2.05) is 25.1 Å². The van der Waals surface area contributed by atoms with Gasteiger partial charge in [0.15, 0.2) is 0 Å². The number of rotatable bonds is 4. The number of nitrogens with zero attached hydrogens (tertiary/aromatic N) is 3. The van der Waals surface area contributed by atoms with Gasteiger partial charge in [0.2, 0.25) is 0 Å². The van der Waals surface area contributed by atoms with Gasteiger partial charge in [-0.25, -0.2) is 0 Å². The van der Waals surface area contributed by atoms with Gasteiger partial charge in [0.25, 0.3) is 10.2 Å². The van der Waals surface area contributed by atoms with Crippen LogP contribution in [0, 0.1) is 6.92 Å². The van der Waals surface area contributed by atoms with Gasteiger partial charge < -0.3 is 4.74 Å². The molecule has 2 aromatic rings. The predicted molar refractivity (Wildman–Crippen MR) is 109 cm³/mol. The second kappa shape index (κ2) is 8.29. The van der Waals surface area contributed by atoms with Gasteiger partial charge in [0.05, 0.1) is 13.2 Å². The number of piperidine rings is 1. The van der Waals surface area contributed by atoms with Gasteiger partial charge in [-0.1, -0.05) is 30.3 Å². The third-order valence-electron chi connectivity index (χ3n) is 5.51. The number of hydrogen-bond acceptors (Lipinski definition) is 4. The van der Waals surface area contributed by atoms with Crippen molar-refractivity contribution in [3.63, 3.8) is 0 Å². The van der Waals surface area contributed by atoms with Gasteiger partial charge in [-0.2, -0.15) is 17.0 Å². The van der Waals surface area contributed by atoms with E-state index in [-0.39, 0.29) is 5.92 Å². The number of hydrogen-bond donors (Lipinski definition) is 0. The molecular formula is C21H27N3O3S. The Morgan fingerprint density at radius 3 is 2.50 bits per heavy atom. The van der Waals surface area contributed by atoms with Crippen LogP contribution in [0.25, 0.3) is 11.1 Å². The van der Waals surface area contributed by atoms with Crippen molar-refractivity contribution in [1.29, 1.82) is 0 Å². The van der Waals surface area contributed by atoms with Crippen molar-refractivity contribution in [3.05, 3.63) is 53.9 Å². The van der Waals surface area contributed by atoms with E-state index < -0.39 is 10.2 Å². The van der Waals surface area contributed by atoms with Crippen LogP contribution in [-0.2, 0) is 14.9 Å². The highest BCUT2D eigenvalue weighted by molar-refractivity contribution is 7.86. The molecule has 0 amide bonds. The molecule has 2 fully saturated rings. The predicted octanol–water partition coefficient (Wildman–Crippen LogP) is 2.81. The largest absolute Gasteiger partial charge is 0.379 e. The molecule has 7 heteroatoms. The number of ether oxygens (including phenoxy) is 1. The average Bonchev–Trinajstić information content (AvgIpc) is 2.75. The maximum absolute atomic E-state index is 13.0. The molecule has 0 aliphatic carbocycles. The fraction of sp³-hybridized carbons (Fsp3) is 0.476. The summed E-state index contributed by atoms with van der Waals surface area (Å²) in [5.74, 6) is 0.118. The maximum atomic E-state index is 13.0. The summed E-state index contributed by atoms with van der Waals surface area (Å²) in [7, 11) is -3.44. The molecular weight excluding hydrogens is 374 g/mol. The lowest BCUT2D eigenvalue weighted by atomic mass is 9.93. The first-order chi connectivity index (χ1) is 13.5. The molecule has 1 atom stereocenters. The molecule has 0 radical (unpaired) electrons. The highest BCUT2D eigenvalue weighted by Crippen LogP contribution is 2.31. The van der Waals surface area contributed by atoms with Crippen molar-refractivity contribution < 1.29 is 13.2 Å². The SMILES string of the molecule is Cc1cc(-c2ccccc2)cc([C@H]2CCCN(S(=O)(=O)N3CCOCC3)C2)n1. The van der Waals surface area contributed by atoms with Crippen LogP contribution in [0.1, 0.15) is 30.1 Å². The summed E-state index contributed by atoms with van der Waals surface area (Å²) in [6.45, 7) is 4.88. The Balaban J connectivity index is 1.57. The summed E-state index contributed by atoms with van der Waals surface area (Å²) < 4.78 is 34.6. The van der Waals surface area contributed by atoms with Crippen molar-refractivity contribution >= 4 is 10.2 Å². The van der Waals surface area contributed by atoms with Crippen LogP contribution in [0.2, 0.25) is 0 Å². The van der Waals surface area contributed by atoms with E-state index in [1.165, 1.54) is 0 Å². The van der Waals surface area contributed by atoms with Crippen molar-refractivity contribution in [2.45, 2.75) is 25.7 Å². The Labute approximate surface area is 167 Å². The first-order valence-corrected chi connectivity index (χ1v) is 11.3. The summed E-state index contributed by atoms with van der Waals surface area (Å²) in [5, 5.41) is 0. The highest BCUT2D eigenvalue weighted by atomic mass is 32.2. The molecule has 0 saturated carbocycles. The lowest BCUT2D eigenvalue weighted by Gasteiger charge is -2.36. The zero-order valence-electron chi connectivity index (χ0n) is 16.3. The van der Waals surface area contributed by atoms with Crippen LogP contribution in [0.5, 0.6) is 0 Å². The molecule has 2 aliphatic rings. The minimum Gasteiger partial charge on any atom is -0.379 e. The van der Waals surface area contributed by atoms with Gasteiger partial charge >= 0.3 is 0 Å². The van der Waals surface area contributed by atoms with Gasteiger partial charge in [0.1, 0.15) is 0 Å². The summed E-state index contributed by atoms with van der Waals surface area (Å²) in [6, 6.07) is 14.5. The molecule has 2 saturated heterocycles. The molecule has 1 aromatic carbocycles. The topological polar surface area (TPSA) is 62.7 Å². The summed E-state index contributed by atoms with van der Waals surface area (Å²) in [4.78, 5) is 4.76. The van der Waals surface area contributed by atoms with Gasteiger partial charge in [-0.15, -0.1) is 0 Å². The van der Waals surface area contributed by atoms with Crippen LogP contribution < -0.4 is 0 Å². The lowest BCUT2D eigenvalue weighted by Crippen LogP contribution is -2.51. The standard InChI is InChI=1S/C21H27N3O3S/c1-17-14-20(18-6-3-2-4-7-18)15-21(22-17)19-8-5-9-24(16-19)28(25,26)23-10-12-27-13-11-23/h2-4,6-7,14-15,19H,5,8-13,16H2,1H3/t19-/m0/s1. The van der Waals surface area contributed by atoms with E-state index >= 15 is 0 Å². The molecule has 0 bridgehead atoms. The number of benzene rings is 1. The third-order valence-corrected chi connectivity index (χ3v) is 7.51. The van der Waals surface area contributed by atoms with Gasteiger partial charge in [-0.05, 0) is 43.0 Å². The summed E-state index contributed by atoms with van der Waals surface area (Å²) in [6.07, 6.45) is 1.81. The molecule has 0 spiro atoms. The highest BCUT2D eigenvalue weighted by Gasteiger charge is 2.35. The average molecular weight is 402 g/mol. The molecule has 2 aliphatic heterocycles. The zero-order chi connectivity index (χ0) is 19.6. The molecule has 0 unspecified atom stereocenters. The summed E-state index contributed by atoms with van der Waals surface area (Å²) in [5.41, 5.74) is 4.24. The Morgan fingerprint density at radius 2 is 1.75 bits per heavy atom. The summed E-state index contributed by atoms with van der Waals surface area (Å²) >= 11 is 0. The number of aryl methyl sites for hydroxylation is 1. The molecule has 0 N–H and O–H groups in total. The fourth-order valence-corrected chi connectivity index (χ4v) is 5.70. The van der Waals surface area contributed by atoms with Crippen molar-refractivity contribution in [3.8, 4) is 11.1 Å². The van der Waals surface area contributed by atoms with Crippen LogP contribution >= 0.6 is 0 Å². The Morgan fingerprint density at radius 1 is 1.00 bits per heavy atom. The number of aromatic nitrogens is 1. The normalized spacial score (nSPS) is 22.2.